The Kier molecular flexibility index (Phi) is 7.75. The Bertz CT molecular complexity index is 910. The van der Waals surface area contributed by atoms with E-state index in [-0.39, 0.29) is 5.91 Å². The molecule has 30 heavy (non-hydrogen) atoms. The number of carbonyl (C=O) groups is 3. The van der Waals surface area contributed by atoms with Gasteiger partial charge in [0.15, 0.2) is 0 Å². The van der Waals surface area contributed by atoms with Gasteiger partial charge in [-0.3, -0.25) is 10.1 Å². The quantitative estimate of drug-likeness (QED) is 0.524. The summed E-state index contributed by atoms with van der Waals surface area (Å²) in [6.07, 6.45) is 2.41. The molecule has 2 rings (SSSR count). The molecular formula is C23H26N2O5. The van der Waals surface area contributed by atoms with Gasteiger partial charge in [0, 0.05) is 23.0 Å². The lowest BCUT2D eigenvalue weighted by Gasteiger charge is -2.19. The van der Waals surface area contributed by atoms with Gasteiger partial charge < -0.3 is 14.8 Å². The van der Waals surface area contributed by atoms with Crippen LogP contribution in [0.5, 0.6) is 0 Å². The Morgan fingerprint density at radius 3 is 2.00 bits per heavy atom. The molecule has 158 valence electrons. The highest BCUT2D eigenvalue weighted by Crippen LogP contribution is 2.17. The van der Waals surface area contributed by atoms with Crippen molar-refractivity contribution in [2.24, 2.45) is 0 Å². The molecule has 0 heterocycles. The summed E-state index contributed by atoms with van der Waals surface area (Å²) >= 11 is 0. The van der Waals surface area contributed by atoms with Gasteiger partial charge in [0.25, 0.3) is 5.91 Å². The fourth-order valence-electron chi connectivity index (χ4n) is 2.36. The topological polar surface area (TPSA) is 93.7 Å². The van der Waals surface area contributed by atoms with E-state index in [1.54, 1.807) is 82.3 Å². The number of carbonyl (C=O) groups excluding carboxylic acids is 3. The van der Waals surface area contributed by atoms with Crippen LogP contribution in [0.1, 0.15) is 43.6 Å². The lowest BCUT2D eigenvalue weighted by molar-refractivity contribution is -0.137. The molecule has 0 aliphatic heterocycles. The summed E-state index contributed by atoms with van der Waals surface area (Å²) in [6, 6.07) is 13.5. The zero-order chi connectivity index (χ0) is 22.1. The van der Waals surface area contributed by atoms with Crippen molar-refractivity contribution in [2.75, 3.05) is 17.2 Å². The van der Waals surface area contributed by atoms with Crippen molar-refractivity contribution in [1.82, 2.24) is 0 Å². The van der Waals surface area contributed by atoms with E-state index in [0.717, 1.165) is 5.56 Å². The molecule has 0 saturated heterocycles. The summed E-state index contributed by atoms with van der Waals surface area (Å²) in [6.45, 7) is 7.42. The van der Waals surface area contributed by atoms with Crippen LogP contribution >= 0.6 is 0 Å². The van der Waals surface area contributed by atoms with Gasteiger partial charge in [-0.1, -0.05) is 12.1 Å². The monoisotopic (exact) mass is 410 g/mol. The number of ether oxygens (including phenoxy) is 2. The second-order valence-corrected chi connectivity index (χ2v) is 7.37. The molecule has 0 aromatic heterocycles. The molecule has 0 saturated carbocycles. The standard InChI is InChI=1S/C23H26N2O5/c1-5-29-20(26)15-8-16-6-9-17(10-7-16)21(27)24-18-11-13-19(14-12-18)25-22(28)30-23(2,3)4/h6-15H,5H2,1-4H3,(H,24,27)(H,25,28)/b15-8+. The summed E-state index contributed by atoms with van der Waals surface area (Å²) in [5.41, 5.74) is 1.81. The third-order valence-electron chi connectivity index (χ3n) is 3.66. The Labute approximate surface area is 176 Å². The van der Waals surface area contributed by atoms with E-state index in [9.17, 15) is 14.4 Å². The first-order chi connectivity index (χ1) is 14.2. The highest BCUT2D eigenvalue weighted by atomic mass is 16.6. The van der Waals surface area contributed by atoms with Crippen LogP contribution in [0.25, 0.3) is 6.08 Å². The largest absolute Gasteiger partial charge is 0.463 e. The van der Waals surface area contributed by atoms with Crippen molar-refractivity contribution in [3.8, 4) is 0 Å². The minimum Gasteiger partial charge on any atom is -0.463 e. The molecule has 0 bridgehead atoms. The van der Waals surface area contributed by atoms with Crippen molar-refractivity contribution in [3.63, 3.8) is 0 Å². The lowest BCUT2D eigenvalue weighted by atomic mass is 10.1. The SMILES string of the molecule is CCOC(=O)/C=C/c1ccc(C(=O)Nc2ccc(NC(=O)OC(C)(C)C)cc2)cc1. The maximum Gasteiger partial charge on any atom is 0.412 e. The highest BCUT2D eigenvalue weighted by molar-refractivity contribution is 6.04. The Morgan fingerprint density at radius 1 is 0.900 bits per heavy atom. The molecule has 0 atom stereocenters. The fraction of sp³-hybridized carbons (Fsp3) is 0.261. The number of hydrogen-bond acceptors (Lipinski definition) is 5. The summed E-state index contributed by atoms with van der Waals surface area (Å²) in [7, 11) is 0. The van der Waals surface area contributed by atoms with Crippen molar-refractivity contribution in [3.05, 3.63) is 65.7 Å². The molecule has 0 fully saturated rings. The van der Waals surface area contributed by atoms with Crippen molar-refractivity contribution in [2.45, 2.75) is 33.3 Å². The number of rotatable bonds is 6. The third kappa shape index (κ3) is 7.79. The van der Waals surface area contributed by atoms with E-state index >= 15 is 0 Å². The van der Waals surface area contributed by atoms with Gasteiger partial charge in [0.1, 0.15) is 5.60 Å². The number of benzene rings is 2. The van der Waals surface area contributed by atoms with Crippen molar-refractivity contribution in [1.29, 1.82) is 0 Å². The summed E-state index contributed by atoms with van der Waals surface area (Å²) in [5, 5.41) is 5.42. The zero-order valence-electron chi connectivity index (χ0n) is 17.5. The van der Waals surface area contributed by atoms with E-state index < -0.39 is 17.7 Å². The predicted molar refractivity (Wildman–Crippen MR) is 116 cm³/mol. The van der Waals surface area contributed by atoms with Crippen LogP contribution in [0.4, 0.5) is 16.2 Å². The predicted octanol–water partition coefficient (Wildman–Crippen LogP) is 4.86. The van der Waals surface area contributed by atoms with Crippen LogP contribution in [0.15, 0.2) is 54.6 Å². The average molecular weight is 410 g/mol. The molecule has 7 nitrogen and oxygen atoms in total. The minimum atomic E-state index is -0.581. The molecule has 2 N–H and O–H groups in total. The van der Waals surface area contributed by atoms with E-state index in [0.29, 0.717) is 23.5 Å². The van der Waals surface area contributed by atoms with Crippen LogP contribution in [0.3, 0.4) is 0 Å². The van der Waals surface area contributed by atoms with Gasteiger partial charge in [0.05, 0.1) is 6.61 Å². The van der Waals surface area contributed by atoms with E-state index in [1.165, 1.54) is 6.08 Å². The van der Waals surface area contributed by atoms with Gasteiger partial charge in [-0.05, 0) is 75.7 Å². The highest BCUT2D eigenvalue weighted by Gasteiger charge is 2.16. The van der Waals surface area contributed by atoms with Crippen LogP contribution in [-0.4, -0.2) is 30.2 Å². The van der Waals surface area contributed by atoms with Gasteiger partial charge >= 0.3 is 12.1 Å². The number of amides is 2. The Hall–Kier alpha value is -3.61. The van der Waals surface area contributed by atoms with Gasteiger partial charge in [0.2, 0.25) is 0 Å². The van der Waals surface area contributed by atoms with Crippen molar-refractivity contribution < 1.29 is 23.9 Å². The van der Waals surface area contributed by atoms with Gasteiger partial charge in [-0.25, -0.2) is 9.59 Å². The van der Waals surface area contributed by atoms with Gasteiger partial charge in [-0.2, -0.15) is 0 Å². The molecule has 0 unspecified atom stereocenters. The maximum absolute atomic E-state index is 12.4. The number of hydrogen-bond donors (Lipinski definition) is 2. The first-order valence-electron chi connectivity index (χ1n) is 9.52. The Morgan fingerprint density at radius 2 is 1.47 bits per heavy atom. The molecule has 0 aliphatic carbocycles. The van der Waals surface area contributed by atoms with Crippen LogP contribution in [0, 0.1) is 0 Å². The second kappa shape index (κ2) is 10.2. The number of esters is 1. The lowest BCUT2D eigenvalue weighted by Crippen LogP contribution is -2.27. The molecule has 2 aromatic rings. The molecule has 7 heteroatoms. The average Bonchev–Trinajstić information content (AvgIpc) is 2.67. The number of nitrogens with one attached hydrogen (secondary N) is 2. The van der Waals surface area contributed by atoms with E-state index in [1.807, 2.05) is 0 Å². The zero-order valence-corrected chi connectivity index (χ0v) is 17.5. The molecule has 0 radical (unpaired) electrons. The van der Waals surface area contributed by atoms with Crippen LogP contribution in [-0.2, 0) is 14.3 Å². The third-order valence-corrected chi connectivity index (χ3v) is 3.66. The van der Waals surface area contributed by atoms with Crippen LogP contribution in [0.2, 0.25) is 0 Å². The smallest absolute Gasteiger partial charge is 0.412 e. The fourth-order valence-corrected chi connectivity index (χ4v) is 2.36. The maximum atomic E-state index is 12.4. The first-order valence-corrected chi connectivity index (χ1v) is 9.52. The summed E-state index contributed by atoms with van der Waals surface area (Å²) in [4.78, 5) is 35.5. The summed E-state index contributed by atoms with van der Waals surface area (Å²) in [5.74, 6) is -0.687. The minimum absolute atomic E-state index is 0.274. The molecule has 2 amide bonds. The molecule has 0 spiro atoms. The van der Waals surface area contributed by atoms with E-state index in [4.69, 9.17) is 9.47 Å². The molecule has 0 aliphatic rings. The van der Waals surface area contributed by atoms with E-state index in [2.05, 4.69) is 10.6 Å². The second-order valence-electron chi connectivity index (χ2n) is 7.37. The molecular weight excluding hydrogens is 384 g/mol. The summed E-state index contributed by atoms with van der Waals surface area (Å²) < 4.78 is 10.0. The first kappa shape index (κ1) is 22.7. The van der Waals surface area contributed by atoms with Crippen LogP contribution < -0.4 is 10.6 Å². The normalized spacial score (nSPS) is 11.1. The molecule has 2 aromatic carbocycles. The number of anilines is 2. The van der Waals surface area contributed by atoms with Gasteiger partial charge in [-0.15, -0.1) is 0 Å². The Balaban J connectivity index is 1.92. The van der Waals surface area contributed by atoms with Crippen molar-refractivity contribution >= 4 is 35.4 Å².